The van der Waals surface area contributed by atoms with Crippen LogP contribution in [0.1, 0.15) is 5.56 Å². The van der Waals surface area contributed by atoms with E-state index in [1.807, 2.05) is 0 Å². The first-order valence-corrected chi connectivity index (χ1v) is 10.1. The third-order valence-corrected chi connectivity index (χ3v) is 5.13. The minimum absolute atomic E-state index is 0.116. The van der Waals surface area contributed by atoms with Crippen molar-refractivity contribution in [2.24, 2.45) is 0 Å². The van der Waals surface area contributed by atoms with Crippen LogP contribution in [0.5, 0.6) is 11.5 Å². The molecule has 0 bridgehead atoms. The molecule has 10 heteroatoms. The first-order valence-electron chi connectivity index (χ1n) is 10.1. The van der Waals surface area contributed by atoms with Crippen LogP contribution in [0.4, 0.5) is 26.1 Å². The molecule has 34 heavy (non-hydrogen) atoms. The Bertz CT molecular complexity index is 1360. The minimum atomic E-state index is -0.806. The lowest BCUT2D eigenvalue weighted by molar-refractivity contribution is -0.111. The molecular formula is C24H21F2N5O3. The number of aromatic nitrogens is 3. The van der Waals surface area contributed by atoms with E-state index in [1.165, 1.54) is 20.3 Å². The number of nitrogens with zero attached hydrogens (tertiary/aromatic N) is 3. The van der Waals surface area contributed by atoms with Crippen molar-refractivity contribution < 1.29 is 23.0 Å². The fraction of sp³-hybridized carbons (Fsp3) is 0.125. The Morgan fingerprint density at radius 3 is 2.44 bits per heavy atom. The fourth-order valence-corrected chi connectivity index (χ4v) is 3.42. The third-order valence-electron chi connectivity index (χ3n) is 5.13. The van der Waals surface area contributed by atoms with Crippen molar-refractivity contribution in [2.45, 2.75) is 6.54 Å². The molecule has 2 N–H and O–H groups in total. The lowest BCUT2D eigenvalue weighted by Gasteiger charge is -2.14. The number of methoxy groups -OCH3 is 2. The smallest absolute Gasteiger partial charge is 0.247 e. The van der Waals surface area contributed by atoms with E-state index < -0.39 is 11.6 Å². The molecule has 0 atom stereocenters. The average Bonchev–Trinajstić information content (AvgIpc) is 3.25. The number of amides is 1. The van der Waals surface area contributed by atoms with E-state index in [1.54, 1.807) is 47.3 Å². The van der Waals surface area contributed by atoms with Gasteiger partial charge in [0.1, 0.15) is 0 Å². The molecule has 0 fully saturated rings. The molecule has 4 aromatic rings. The number of anilines is 3. The van der Waals surface area contributed by atoms with Gasteiger partial charge in [0, 0.05) is 12.3 Å². The normalized spacial score (nSPS) is 10.7. The second-order valence-corrected chi connectivity index (χ2v) is 7.16. The van der Waals surface area contributed by atoms with E-state index in [9.17, 15) is 13.6 Å². The summed E-state index contributed by atoms with van der Waals surface area (Å²) in [6, 6.07) is 9.94. The number of hydrogen-bond donors (Lipinski definition) is 2. The number of ether oxygens (including phenoxy) is 2. The molecule has 2 heterocycles. The van der Waals surface area contributed by atoms with Gasteiger partial charge in [-0.15, -0.1) is 0 Å². The Hall–Kier alpha value is -4.47. The number of halogens is 2. The zero-order chi connectivity index (χ0) is 24.2. The van der Waals surface area contributed by atoms with E-state index in [0.29, 0.717) is 22.4 Å². The lowest BCUT2D eigenvalue weighted by Crippen LogP contribution is -2.09. The fourth-order valence-electron chi connectivity index (χ4n) is 3.42. The van der Waals surface area contributed by atoms with Crippen LogP contribution in [0.25, 0.3) is 11.0 Å². The van der Waals surface area contributed by atoms with Crippen molar-refractivity contribution >= 4 is 34.3 Å². The largest absolute Gasteiger partial charge is 0.494 e. The molecule has 0 aliphatic carbocycles. The highest BCUT2D eigenvalue weighted by molar-refractivity contribution is 6.01. The number of carbonyl (C=O) groups is 1. The van der Waals surface area contributed by atoms with Gasteiger partial charge in [-0.3, -0.25) is 4.79 Å². The standard InChI is InChI=1S/C24H21F2N5O3/c1-4-21(32)28-15-7-5-6-8-16(15)29-24-27-12-18-17(30-24)9-10-31(18)13-14-22(25)19(33-2)11-20(34-3)23(14)26/h4-12H,1,13H2,2-3H3,(H,28,32)(H,27,29,30). The Morgan fingerprint density at radius 1 is 1.12 bits per heavy atom. The van der Waals surface area contributed by atoms with Gasteiger partial charge < -0.3 is 24.7 Å². The van der Waals surface area contributed by atoms with E-state index in [0.717, 1.165) is 6.07 Å². The minimum Gasteiger partial charge on any atom is -0.494 e. The highest BCUT2D eigenvalue weighted by Crippen LogP contribution is 2.32. The first kappa shape index (κ1) is 22.7. The summed E-state index contributed by atoms with van der Waals surface area (Å²) in [6.07, 6.45) is 4.38. The summed E-state index contributed by atoms with van der Waals surface area (Å²) in [5, 5.41) is 5.78. The molecule has 4 rings (SSSR count). The van der Waals surface area contributed by atoms with Gasteiger partial charge in [0.05, 0.1) is 54.9 Å². The predicted molar refractivity (Wildman–Crippen MR) is 125 cm³/mol. The summed E-state index contributed by atoms with van der Waals surface area (Å²) >= 11 is 0. The van der Waals surface area contributed by atoms with E-state index in [4.69, 9.17) is 9.47 Å². The quantitative estimate of drug-likeness (QED) is 0.369. The summed E-state index contributed by atoms with van der Waals surface area (Å²) < 4.78 is 41.2. The Balaban J connectivity index is 1.64. The van der Waals surface area contributed by atoms with Crippen LogP contribution in [-0.4, -0.2) is 34.7 Å². The second kappa shape index (κ2) is 9.57. The molecular weight excluding hydrogens is 444 g/mol. The molecule has 8 nitrogen and oxygen atoms in total. The van der Waals surface area contributed by atoms with Gasteiger partial charge in [-0.1, -0.05) is 18.7 Å². The van der Waals surface area contributed by atoms with Crippen LogP contribution in [-0.2, 0) is 11.3 Å². The summed E-state index contributed by atoms with van der Waals surface area (Å²) in [5.74, 6) is -1.91. The molecule has 0 aliphatic rings. The van der Waals surface area contributed by atoms with Gasteiger partial charge in [0.15, 0.2) is 23.1 Å². The Kier molecular flexibility index (Phi) is 6.39. The average molecular weight is 465 g/mol. The number of nitrogens with one attached hydrogen (secondary N) is 2. The summed E-state index contributed by atoms with van der Waals surface area (Å²) in [6.45, 7) is 3.32. The van der Waals surface area contributed by atoms with Crippen molar-refractivity contribution in [3.63, 3.8) is 0 Å². The van der Waals surface area contributed by atoms with Crippen molar-refractivity contribution in [1.82, 2.24) is 14.5 Å². The molecule has 2 aromatic heterocycles. The molecule has 0 unspecified atom stereocenters. The van der Waals surface area contributed by atoms with E-state index in [-0.39, 0.29) is 35.5 Å². The van der Waals surface area contributed by atoms with Gasteiger partial charge in [0.2, 0.25) is 11.9 Å². The molecule has 0 radical (unpaired) electrons. The summed E-state index contributed by atoms with van der Waals surface area (Å²) in [4.78, 5) is 20.5. The van der Waals surface area contributed by atoms with Crippen LogP contribution in [0, 0.1) is 11.6 Å². The van der Waals surface area contributed by atoms with Gasteiger partial charge >= 0.3 is 0 Å². The number of para-hydroxylation sites is 2. The maximum absolute atomic E-state index is 14.8. The van der Waals surface area contributed by atoms with Crippen LogP contribution in [0.2, 0.25) is 0 Å². The molecule has 0 aliphatic heterocycles. The number of carbonyl (C=O) groups excluding carboxylic acids is 1. The van der Waals surface area contributed by atoms with E-state index >= 15 is 0 Å². The third kappa shape index (κ3) is 4.38. The SMILES string of the molecule is C=CC(=O)Nc1ccccc1Nc1ncc2c(ccn2Cc2c(F)c(OC)cc(OC)c2F)n1. The molecule has 0 spiro atoms. The number of hydrogen-bond acceptors (Lipinski definition) is 6. The monoisotopic (exact) mass is 465 g/mol. The number of rotatable bonds is 8. The van der Waals surface area contributed by atoms with Crippen molar-refractivity contribution in [1.29, 1.82) is 0 Å². The number of benzene rings is 2. The van der Waals surface area contributed by atoms with Crippen molar-refractivity contribution in [3.8, 4) is 11.5 Å². The van der Waals surface area contributed by atoms with Gasteiger partial charge in [-0.25, -0.2) is 18.7 Å². The Morgan fingerprint density at radius 2 is 1.79 bits per heavy atom. The summed E-state index contributed by atoms with van der Waals surface area (Å²) in [5.41, 5.74) is 2.04. The second-order valence-electron chi connectivity index (χ2n) is 7.16. The highest BCUT2D eigenvalue weighted by Gasteiger charge is 2.21. The zero-order valence-electron chi connectivity index (χ0n) is 18.4. The maximum atomic E-state index is 14.8. The van der Waals surface area contributed by atoms with Crippen LogP contribution in [0.3, 0.4) is 0 Å². The van der Waals surface area contributed by atoms with Crippen LogP contribution >= 0.6 is 0 Å². The number of fused-ring (bicyclic) bond motifs is 1. The van der Waals surface area contributed by atoms with Gasteiger partial charge in [0.25, 0.3) is 0 Å². The maximum Gasteiger partial charge on any atom is 0.247 e. The van der Waals surface area contributed by atoms with Crippen molar-refractivity contribution in [2.75, 3.05) is 24.9 Å². The molecule has 1 amide bonds. The highest BCUT2D eigenvalue weighted by atomic mass is 19.1. The Labute approximate surface area is 193 Å². The zero-order valence-corrected chi connectivity index (χ0v) is 18.4. The molecule has 0 saturated heterocycles. The topological polar surface area (TPSA) is 90.3 Å². The molecule has 174 valence electrons. The molecule has 2 aromatic carbocycles. The van der Waals surface area contributed by atoms with Gasteiger partial charge in [-0.05, 0) is 24.3 Å². The first-order chi connectivity index (χ1) is 16.4. The lowest BCUT2D eigenvalue weighted by atomic mass is 10.1. The van der Waals surface area contributed by atoms with Crippen LogP contribution < -0.4 is 20.1 Å². The van der Waals surface area contributed by atoms with Crippen LogP contribution in [0.15, 0.2) is 61.4 Å². The predicted octanol–water partition coefficient (Wildman–Crippen LogP) is 4.64. The summed E-state index contributed by atoms with van der Waals surface area (Å²) in [7, 11) is 2.60. The van der Waals surface area contributed by atoms with Gasteiger partial charge in [-0.2, -0.15) is 0 Å². The molecule has 0 saturated carbocycles. The van der Waals surface area contributed by atoms with E-state index in [2.05, 4.69) is 27.2 Å². The van der Waals surface area contributed by atoms with Crippen molar-refractivity contribution in [3.05, 3.63) is 78.6 Å².